The minimum Gasteiger partial charge on any atom is -0.496 e. The second-order valence-electron chi connectivity index (χ2n) is 3.43. The number of amides is 1. The van der Waals surface area contributed by atoms with Crippen LogP contribution in [0.2, 0.25) is 0 Å². The van der Waals surface area contributed by atoms with E-state index in [9.17, 15) is 4.79 Å². The smallest absolute Gasteiger partial charge is 0.226 e. The average molecular weight is 272 g/mol. The molecule has 1 rings (SSSR count). The van der Waals surface area contributed by atoms with Gasteiger partial charge in [-0.25, -0.2) is 0 Å². The van der Waals surface area contributed by atoms with Crippen LogP contribution in [0.25, 0.3) is 0 Å². The summed E-state index contributed by atoms with van der Waals surface area (Å²) < 4.78 is 5.98. The summed E-state index contributed by atoms with van der Waals surface area (Å²) >= 11 is 3.38. The summed E-state index contributed by atoms with van der Waals surface area (Å²) in [5, 5.41) is 0. The highest BCUT2D eigenvalue weighted by Gasteiger charge is 2.07. The average Bonchev–Trinajstić information content (AvgIpc) is 2.18. The fraction of sp³-hybridized carbons (Fsp3) is 0.364. The first kappa shape index (κ1) is 12.0. The predicted octanol–water partition coefficient (Wildman–Crippen LogP) is 2.09. The zero-order chi connectivity index (χ0) is 11.4. The summed E-state index contributed by atoms with van der Waals surface area (Å²) in [6.07, 6.45) is 0.412. The number of carbonyl (C=O) groups excluding carboxylic acids is 1. The van der Waals surface area contributed by atoms with E-state index in [4.69, 9.17) is 4.74 Å². The molecule has 0 atom stereocenters. The van der Waals surface area contributed by atoms with Crippen LogP contribution in [0, 0.1) is 0 Å². The second kappa shape index (κ2) is 5.16. The Bertz CT molecular complexity index is 364. The maximum absolute atomic E-state index is 11.5. The molecule has 0 aliphatic rings. The van der Waals surface area contributed by atoms with E-state index in [1.807, 2.05) is 18.2 Å². The van der Waals surface area contributed by atoms with Crippen LogP contribution in [0.4, 0.5) is 0 Å². The summed E-state index contributed by atoms with van der Waals surface area (Å²) in [6.45, 7) is 0. The molecule has 0 unspecified atom stereocenters. The quantitative estimate of drug-likeness (QED) is 0.843. The monoisotopic (exact) mass is 271 g/mol. The van der Waals surface area contributed by atoms with Gasteiger partial charge in [-0.15, -0.1) is 0 Å². The lowest BCUT2D eigenvalue weighted by Gasteiger charge is -2.11. The van der Waals surface area contributed by atoms with Gasteiger partial charge in [0.1, 0.15) is 5.75 Å². The molecule has 0 radical (unpaired) electrons. The third-order valence-corrected chi connectivity index (χ3v) is 2.69. The van der Waals surface area contributed by atoms with E-state index in [-0.39, 0.29) is 5.91 Å². The van der Waals surface area contributed by atoms with E-state index in [2.05, 4.69) is 15.9 Å². The van der Waals surface area contributed by atoms with Crippen LogP contribution in [0.1, 0.15) is 5.56 Å². The van der Waals surface area contributed by atoms with Crippen molar-refractivity contribution in [3.05, 3.63) is 28.2 Å². The zero-order valence-corrected chi connectivity index (χ0v) is 10.7. The molecule has 0 heterocycles. The molecule has 82 valence electrons. The number of likely N-dealkylation sites (N-methyl/N-ethyl adjacent to an activating group) is 1. The van der Waals surface area contributed by atoms with Crippen molar-refractivity contribution in [1.29, 1.82) is 0 Å². The van der Waals surface area contributed by atoms with E-state index < -0.39 is 0 Å². The number of hydrogen-bond acceptors (Lipinski definition) is 2. The van der Waals surface area contributed by atoms with Crippen LogP contribution in [0.5, 0.6) is 5.75 Å². The first-order chi connectivity index (χ1) is 7.04. The normalized spacial score (nSPS) is 9.87. The van der Waals surface area contributed by atoms with Crippen LogP contribution in [-0.4, -0.2) is 32.0 Å². The largest absolute Gasteiger partial charge is 0.496 e. The van der Waals surface area contributed by atoms with E-state index in [0.29, 0.717) is 6.42 Å². The molecule has 3 nitrogen and oxygen atoms in total. The Hall–Kier alpha value is -1.03. The molecule has 0 aliphatic carbocycles. The summed E-state index contributed by atoms with van der Waals surface area (Å²) in [5.74, 6) is 0.864. The van der Waals surface area contributed by atoms with Gasteiger partial charge in [0.15, 0.2) is 0 Å². The van der Waals surface area contributed by atoms with Crippen LogP contribution >= 0.6 is 15.9 Å². The molecule has 1 aromatic carbocycles. The van der Waals surface area contributed by atoms with Gasteiger partial charge in [-0.2, -0.15) is 0 Å². The number of ether oxygens (including phenoxy) is 1. The van der Waals surface area contributed by atoms with Gasteiger partial charge < -0.3 is 9.64 Å². The van der Waals surface area contributed by atoms with Crippen LogP contribution in [-0.2, 0) is 11.2 Å². The molecular formula is C11H14BrNO2. The SMILES string of the molecule is COc1ccc(CC(=O)N(C)C)cc1Br. The topological polar surface area (TPSA) is 29.5 Å². The summed E-state index contributed by atoms with van der Waals surface area (Å²) in [5.41, 5.74) is 0.973. The van der Waals surface area contributed by atoms with Crippen molar-refractivity contribution in [3.63, 3.8) is 0 Å². The van der Waals surface area contributed by atoms with Gasteiger partial charge in [0.25, 0.3) is 0 Å². The Balaban J connectivity index is 2.80. The van der Waals surface area contributed by atoms with Gasteiger partial charge in [-0.05, 0) is 33.6 Å². The number of benzene rings is 1. The molecule has 15 heavy (non-hydrogen) atoms. The molecule has 1 aromatic rings. The Kier molecular flexibility index (Phi) is 4.15. The first-order valence-corrected chi connectivity index (χ1v) is 5.36. The molecule has 4 heteroatoms. The number of hydrogen-bond donors (Lipinski definition) is 0. The molecule has 0 bridgehead atoms. The lowest BCUT2D eigenvalue weighted by atomic mass is 10.1. The highest BCUT2D eigenvalue weighted by Crippen LogP contribution is 2.25. The molecule has 0 fully saturated rings. The first-order valence-electron chi connectivity index (χ1n) is 4.57. The van der Waals surface area contributed by atoms with Crippen LogP contribution in [0.3, 0.4) is 0 Å². The predicted molar refractivity (Wildman–Crippen MR) is 63.1 cm³/mol. The van der Waals surface area contributed by atoms with Gasteiger partial charge in [-0.3, -0.25) is 4.79 Å². The fourth-order valence-electron chi connectivity index (χ4n) is 1.15. The molecule has 0 aliphatic heterocycles. The molecule has 0 spiro atoms. The maximum Gasteiger partial charge on any atom is 0.226 e. The van der Waals surface area contributed by atoms with Gasteiger partial charge >= 0.3 is 0 Å². The van der Waals surface area contributed by atoms with Crippen LogP contribution < -0.4 is 4.74 Å². The number of nitrogens with zero attached hydrogens (tertiary/aromatic N) is 1. The van der Waals surface area contributed by atoms with E-state index in [1.54, 1.807) is 26.1 Å². The van der Waals surface area contributed by atoms with Gasteiger partial charge in [0.2, 0.25) is 5.91 Å². The minimum atomic E-state index is 0.0899. The third-order valence-electron chi connectivity index (χ3n) is 2.07. The van der Waals surface area contributed by atoms with Crippen molar-refractivity contribution in [2.45, 2.75) is 6.42 Å². The number of methoxy groups -OCH3 is 1. The van der Waals surface area contributed by atoms with E-state index >= 15 is 0 Å². The molecule has 1 amide bonds. The molecule has 0 saturated carbocycles. The zero-order valence-electron chi connectivity index (χ0n) is 9.08. The Morgan fingerprint density at radius 2 is 2.13 bits per heavy atom. The third kappa shape index (κ3) is 3.23. The lowest BCUT2D eigenvalue weighted by molar-refractivity contribution is -0.127. The maximum atomic E-state index is 11.5. The summed E-state index contributed by atoms with van der Waals surface area (Å²) in [7, 11) is 5.12. The minimum absolute atomic E-state index is 0.0899. The van der Waals surface area contributed by atoms with Gasteiger partial charge in [0.05, 0.1) is 18.0 Å². The summed E-state index contributed by atoms with van der Waals surface area (Å²) in [6, 6.07) is 5.65. The molecular weight excluding hydrogens is 258 g/mol. The van der Waals surface area contributed by atoms with E-state index in [0.717, 1.165) is 15.8 Å². The van der Waals surface area contributed by atoms with E-state index in [1.165, 1.54) is 0 Å². The lowest BCUT2D eigenvalue weighted by Crippen LogP contribution is -2.23. The molecule has 0 saturated heterocycles. The van der Waals surface area contributed by atoms with Gasteiger partial charge in [-0.1, -0.05) is 6.07 Å². The summed E-state index contributed by atoms with van der Waals surface area (Å²) in [4.78, 5) is 13.0. The van der Waals surface area contributed by atoms with Crippen molar-refractivity contribution in [3.8, 4) is 5.75 Å². The number of halogens is 1. The second-order valence-corrected chi connectivity index (χ2v) is 4.29. The van der Waals surface area contributed by atoms with Crippen molar-refractivity contribution in [2.75, 3.05) is 21.2 Å². The highest BCUT2D eigenvalue weighted by molar-refractivity contribution is 9.10. The highest BCUT2D eigenvalue weighted by atomic mass is 79.9. The Morgan fingerprint density at radius 1 is 1.47 bits per heavy atom. The fourth-order valence-corrected chi connectivity index (χ4v) is 1.74. The Morgan fingerprint density at radius 3 is 2.60 bits per heavy atom. The van der Waals surface area contributed by atoms with Crippen molar-refractivity contribution in [1.82, 2.24) is 4.90 Å². The van der Waals surface area contributed by atoms with Crippen molar-refractivity contribution in [2.24, 2.45) is 0 Å². The van der Waals surface area contributed by atoms with Crippen molar-refractivity contribution >= 4 is 21.8 Å². The van der Waals surface area contributed by atoms with Crippen LogP contribution in [0.15, 0.2) is 22.7 Å². The Labute approximate surface area is 98.2 Å². The molecule has 0 N–H and O–H groups in total. The number of carbonyl (C=O) groups is 1. The number of rotatable bonds is 3. The standard InChI is InChI=1S/C11H14BrNO2/c1-13(2)11(14)7-8-4-5-10(15-3)9(12)6-8/h4-6H,7H2,1-3H3. The van der Waals surface area contributed by atoms with Crippen molar-refractivity contribution < 1.29 is 9.53 Å². The van der Waals surface area contributed by atoms with Gasteiger partial charge in [0, 0.05) is 14.1 Å². The molecule has 0 aromatic heterocycles.